The van der Waals surface area contributed by atoms with E-state index in [1.807, 2.05) is 6.20 Å². The van der Waals surface area contributed by atoms with E-state index < -0.39 is 0 Å². The molecule has 2 aromatic heterocycles. The minimum Gasteiger partial charge on any atom is -0.330 e. The number of rotatable bonds is 2. The molecule has 3 nitrogen and oxygen atoms in total. The molecule has 0 aliphatic heterocycles. The van der Waals surface area contributed by atoms with Crippen LogP contribution in [0.5, 0.6) is 0 Å². The second kappa shape index (κ2) is 3.40. The molecule has 0 radical (unpaired) electrons. The number of hydrogen-bond acceptors (Lipinski definition) is 4. The molecule has 0 atom stereocenters. The number of thiophene rings is 1. The quantitative estimate of drug-likeness (QED) is 0.786. The topological polar surface area (TPSA) is 51.8 Å². The number of aryl methyl sites for hydroxylation is 1. The van der Waals surface area contributed by atoms with E-state index in [0.29, 0.717) is 6.54 Å². The number of hydrogen-bond donors (Lipinski definition) is 1. The first kappa shape index (κ1) is 8.59. The Morgan fingerprint density at radius 3 is 3.15 bits per heavy atom. The van der Waals surface area contributed by atoms with Crippen LogP contribution in [0.2, 0.25) is 0 Å². The zero-order chi connectivity index (χ0) is 9.26. The molecular weight excluding hydrogens is 182 g/mol. The highest BCUT2D eigenvalue weighted by Gasteiger charge is 2.01. The lowest BCUT2D eigenvalue weighted by molar-refractivity contribution is 0.881. The van der Waals surface area contributed by atoms with Crippen molar-refractivity contribution in [2.75, 3.05) is 6.54 Å². The Morgan fingerprint density at radius 1 is 1.54 bits per heavy atom. The van der Waals surface area contributed by atoms with Crippen LogP contribution in [0.25, 0.3) is 10.2 Å². The Labute approximate surface area is 80.6 Å². The van der Waals surface area contributed by atoms with Gasteiger partial charge in [0.25, 0.3) is 0 Å². The van der Waals surface area contributed by atoms with Crippen molar-refractivity contribution in [1.82, 2.24) is 9.97 Å². The van der Waals surface area contributed by atoms with Crippen LogP contribution in [0.3, 0.4) is 0 Å². The van der Waals surface area contributed by atoms with E-state index in [0.717, 1.165) is 22.5 Å². The lowest BCUT2D eigenvalue weighted by atomic mass is 10.3. The Morgan fingerprint density at radius 2 is 2.38 bits per heavy atom. The molecule has 2 N–H and O–H groups in total. The van der Waals surface area contributed by atoms with E-state index in [2.05, 4.69) is 23.0 Å². The van der Waals surface area contributed by atoms with Crippen molar-refractivity contribution in [2.24, 2.45) is 5.73 Å². The van der Waals surface area contributed by atoms with Gasteiger partial charge in [0, 0.05) is 22.9 Å². The van der Waals surface area contributed by atoms with Gasteiger partial charge in [0.2, 0.25) is 0 Å². The fourth-order valence-electron chi connectivity index (χ4n) is 1.24. The Balaban J connectivity index is 2.48. The van der Waals surface area contributed by atoms with Crippen LogP contribution in [0, 0.1) is 6.92 Å². The van der Waals surface area contributed by atoms with Crippen molar-refractivity contribution >= 4 is 21.6 Å². The summed E-state index contributed by atoms with van der Waals surface area (Å²) >= 11 is 1.70. The van der Waals surface area contributed by atoms with E-state index in [9.17, 15) is 0 Å². The van der Waals surface area contributed by atoms with Crippen LogP contribution < -0.4 is 5.73 Å². The van der Waals surface area contributed by atoms with Gasteiger partial charge in [0.1, 0.15) is 10.7 Å². The van der Waals surface area contributed by atoms with Crippen molar-refractivity contribution in [1.29, 1.82) is 0 Å². The molecule has 0 aliphatic carbocycles. The molecule has 0 saturated carbocycles. The molecule has 68 valence electrons. The van der Waals surface area contributed by atoms with E-state index in [1.165, 1.54) is 4.88 Å². The minimum atomic E-state index is 0.607. The standard InChI is InChI=1S/C9H11N3S/c1-6-4-7-5-11-8(2-3-10)12-9(7)13-6/h4-5H,2-3,10H2,1H3. The zero-order valence-electron chi connectivity index (χ0n) is 7.45. The first-order valence-electron chi connectivity index (χ1n) is 4.22. The Hall–Kier alpha value is -1.00. The van der Waals surface area contributed by atoms with Gasteiger partial charge in [0.15, 0.2) is 0 Å². The number of nitrogens with zero attached hydrogens (tertiary/aromatic N) is 2. The van der Waals surface area contributed by atoms with Crippen LogP contribution in [0.1, 0.15) is 10.7 Å². The predicted molar refractivity (Wildman–Crippen MR) is 54.9 cm³/mol. The summed E-state index contributed by atoms with van der Waals surface area (Å²) in [6.45, 7) is 2.69. The average Bonchev–Trinajstić information content (AvgIpc) is 2.44. The van der Waals surface area contributed by atoms with E-state index in [4.69, 9.17) is 5.73 Å². The normalized spacial score (nSPS) is 10.9. The molecule has 2 heterocycles. The van der Waals surface area contributed by atoms with Crippen LogP contribution in [0.4, 0.5) is 0 Å². The van der Waals surface area contributed by atoms with Gasteiger partial charge in [-0.1, -0.05) is 0 Å². The lowest BCUT2D eigenvalue weighted by Gasteiger charge is -1.95. The molecule has 0 unspecified atom stereocenters. The summed E-state index contributed by atoms with van der Waals surface area (Å²) in [7, 11) is 0. The summed E-state index contributed by atoms with van der Waals surface area (Å²) in [5.74, 6) is 0.844. The van der Waals surface area contributed by atoms with Crippen LogP contribution in [-0.4, -0.2) is 16.5 Å². The molecular formula is C9H11N3S. The van der Waals surface area contributed by atoms with Gasteiger partial charge in [-0.2, -0.15) is 0 Å². The molecule has 4 heteroatoms. The van der Waals surface area contributed by atoms with Gasteiger partial charge in [-0.05, 0) is 19.5 Å². The minimum absolute atomic E-state index is 0.607. The third kappa shape index (κ3) is 1.68. The molecule has 0 spiro atoms. The molecule has 2 aromatic rings. The summed E-state index contributed by atoms with van der Waals surface area (Å²) in [5, 5.41) is 1.13. The van der Waals surface area contributed by atoms with Crippen molar-refractivity contribution in [3.8, 4) is 0 Å². The summed E-state index contributed by atoms with van der Waals surface area (Å²) < 4.78 is 0. The summed E-state index contributed by atoms with van der Waals surface area (Å²) in [5.41, 5.74) is 5.43. The van der Waals surface area contributed by atoms with E-state index in [-0.39, 0.29) is 0 Å². The van der Waals surface area contributed by atoms with Gasteiger partial charge in [-0.15, -0.1) is 11.3 Å². The summed E-state index contributed by atoms with van der Waals surface area (Å²) in [6, 6.07) is 2.10. The van der Waals surface area contributed by atoms with E-state index >= 15 is 0 Å². The van der Waals surface area contributed by atoms with Crippen molar-refractivity contribution in [2.45, 2.75) is 13.3 Å². The second-order valence-electron chi connectivity index (χ2n) is 2.94. The molecule has 0 amide bonds. The van der Waals surface area contributed by atoms with Gasteiger partial charge in [-0.25, -0.2) is 9.97 Å². The van der Waals surface area contributed by atoms with E-state index in [1.54, 1.807) is 11.3 Å². The molecule has 0 saturated heterocycles. The molecule has 0 aliphatic rings. The molecule has 2 rings (SSSR count). The SMILES string of the molecule is Cc1cc2cnc(CCN)nc2s1. The smallest absolute Gasteiger partial charge is 0.131 e. The lowest BCUT2D eigenvalue weighted by Crippen LogP contribution is -2.05. The maximum Gasteiger partial charge on any atom is 0.131 e. The highest BCUT2D eigenvalue weighted by atomic mass is 32.1. The summed E-state index contributed by atoms with van der Waals surface area (Å²) in [6.07, 6.45) is 2.63. The van der Waals surface area contributed by atoms with Crippen LogP contribution in [-0.2, 0) is 6.42 Å². The van der Waals surface area contributed by atoms with Crippen molar-refractivity contribution < 1.29 is 0 Å². The average molecular weight is 193 g/mol. The monoisotopic (exact) mass is 193 g/mol. The van der Waals surface area contributed by atoms with Crippen LogP contribution in [0.15, 0.2) is 12.3 Å². The predicted octanol–water partition coefficient (Wildman–Crippen LogP) is 1.50. The maximum atomic E-state index is 5.43. The van der Waals surface area contributed by atoms with Crippen LogP contribution >= 0.6 is 11.3 Å². The highest BCUT2D eigenvalue weighted by molar-refractivity contribution is 7.18. The first-order valence-corrected chi connectivity index (χ1v) is 5.03. The summed E-state index contributed by atoms with van der Waals surface area (Å²) in [4.78, 5) is 11.0. The Bertz CT molecular complexity index is 422. The molecule has 13 heavy (non-hydrogen) atoms. The van der Waals surface area contributed by atoms with Gasteiger partial charge in [0.05, 0.1) is 0 Å². The molecule has 0 fully saturated rings. The van der Waals surface area contributed by atoms with Crippen molar-refractivity contribution in [3.63, 3.8) is 0 Å². The maximum absolute atomic E-state index is 5.43. The van der Waals surface area contributed by atoms with Crippen molar-refractivity contribution in [3.05, 3.63) is 23.0 Å². The molecule has 0 aromatic carbocycles. The number of aromatic nitrogens is 2. The highest BCUT2D eigenvalue weighted by Crippen LogP contribution is 2.21. The third-order valence-electron chi connectivity index (χ3n) is 1.81. The first-order chi connectivity index (χ1) is 6.29. The zero-order valence-corrected chi connectivity index (χ0v) is 8.27. The fraction of sp³-hybridized carbons (Fsp3) is 0.333. The fourth-order valence-corrected chi connectivity index (χ4v) is 2.11. The number of nitrogens with two attached hydrogens (primary N) is 1. The third-order valence-corrected chi connectivity index (χ3v) is 2.77. The molecule has 0 bridgehead atoms. The van der Waals surface area contributed by atoms with Gasteiger partial charge < -0.3 is 5.73 Å². The second-order valence-corrected chi connectivity index (χ2v) is 4.18. The van der Waals surface area contributed by atoms with Gasteiger partial charge >= 0.3 is 0 Å². The number of fused-ring (bicyclic) bond motifs is 1. The van der Waals surface area contributed by atoms with Gasteiger partial charge in [-0.3, -0.25) is 0 Å². The Kier molecular flexibility index (Phi) is 2.24. The largest absolute Gasteiger partial charge is 0.330 e.